The molecule has 0 atom stereocenters. The van der Waals surface area contributed by atoms with Gasteiger partial charge in [0.1, 0.15) is 5.75 Å². The number of nitro groups is 1. The zero-order valence-corrected chi connectivity index (χ0v) is 18.7. The van der Waals surface area contributed by atoms with Crippen LogP contribution < -0.4 is 4.74 Å². The van der Waals surface area contributed by atoms with E-state index in [1.807, 2.05) is 0 Å². The minimum atomic E-state index is -0.476. The van der Waals surface area contributed by atoms with E-state index in [9.17, 15) is 14.9 Å². The van der Waals surface area contributed by atoms with Crippen molar-refractivity contribution in [3.05, 3.63) is 34.4 Å². The zero-order chi connectivity index (χ0) is 21.2. The lowest BCUT2D eigenvalue weighted by atomic mass is 10.0. The van der Waals surface area contributed by atoms with E-state index >= 15 is 0 Å². The maximum Gasteiger partial charge on any atom is 0.372 e. The van der Waals surface area contributed by atoms with E-state index in [1.54, 1.807) is 0 Å². The van der Waals surface area contributed by atoms with Crippen molar-refractivity contribution >= 4 is 22.8 Å². The Balaban J connectivity index is 1.88. The molecule has 1 rings (SSSR count). The highest BCUT2D eigenvalue weighted by Crippen LogP contribution is 2.20. The van der Waals surface area contributed by atoms with Gasteiger partial charge in [0.25, 0.3) is 5.69 Å². The first-order valence-electron chi connectivity index (χ1n) is 11.2. The number of rotatable bonds is 17. The van der Waals surface area contributed by atoms with Crippen LogP contribution in [0.25, 0.3) is 0 Å². The SMILES string of the molecule is CCCCCCCCCCCCCCCCSC(=O)Oc1ccc([N+](=O)[O-])cc1. The van der Waals surface area contributed by atoms with Crippen LogP contribution in [-0.4, -0.2) is 16.0 Å². The van der Waals surface area contributed by atoms with Crippen LogP contribution in [0.3, 0.4) is 0 Å². The number of ether oxygens (including phenoxy) is 1. The first-order valence-corrected chi connectivity index (χ1v) is 12.2. The minimum Gasteiger partial charge on any atom is -0.418 e. The third-order valence-electron chi connectivity index (χ3n) is 4.97. The lowest BCUT2D eigenvalue weighted by Crippen LogP contribution is -2.01. The Labute approximate surface area is 180 Å². The van der Waals surface area contributed by atoms with Crippen molar-refractivity contribution < 1.29 is 14.5 Å². The Morgan fingerprint density at radius 1 is 0.828 bits per heavy atom. The molecule has 0 N–H and O–H groups in total. The molecule has 1 aromatic carbocycles. The Morgan fingerprint density at radius 3 is 1.72 bits per heavy atom. The van der Waals surface area contributed by atoms with E-state index in [1.165, 1.54) is 113 Å². The predicted octanol–water partition coefficient (Wildman–Crippen LogP) is 8.31. The van der Waals surface area contributed by atoms with Gasteiger partial charge in [-0.05, 0) is 30.3 Å². The molecular weight excluding hydrogens is 386 g/mol. The van der Waals surface area contributed by atoms with Crippen LogP contribution in [0.1, 0.15) is 96.8 Å². The van der Waals surface area contributed by atoms with Gasteiger partial charge >= 0.3 is 5.30 Å². The average Bonchev–Trinajstić information content (AvgIpc) is 2.71. The standard InChI is InChI=1S/C23H37NO4S/c1-2-3-4-5-6-7-8-9-10-11-12-13-14-15-20-29-23(25)28-22-18-16-21(17-19-22)24(26)27/h16-19H,2-15,20H2,1H3. The molecular formula is C23H37NO4S. The third kappa shape index (κ3) is 14.1. The van der Waals surface area contributed by atoms with Gasteiger partial charge in [-0.3, -0.25) is 10.1 Å². The largest absolute Gasteiger partial charge is 0.418 e. The summed E-state index contributed by atoms with van der Waals surface area (Å²) in [4.78, 5) is 21.9. The summed E-state index contributed by atoms with van der Waals surface area (Å²) in [5.74, 6) is 1.10. The van der Waals surface area contributed by atoms with Gasteiger partial charge in [-0.25, -0.2) is 4.79 Å². The lowest BCUT2D eigenvalue weighted by Gasteiger charge is -2.04. The van der Waals surface area contributed by atoms with Gasteiger partial charge in [0, 0.05) is 17.9 Å². The summed E-state index contributed by atoms with van der Waals surface area (Å²) in [5, 5.41) is 10.2. The van der Waals surface area contributed by atoms with Crippen LogP contribution in [0.15, 0.2) is 24.3 Å². The van der Waals surface area contributed by atoms with Crippen LogP contribution in [0.5, 0.6) is 5.75 Å². The number of thioether (sulfide) groups is 1. The van der Waals surface area contributed by atoms with Crippen LogP contribution in [0.4, 0.5) is 10.5 Å². The van der Waals surface area contributed by atoms with E-state index in [0.29, 0.717) is 5.75 Å². The summed E-state index contributed by atoms with van der Waals surface area (Å²) in [5.41, 5.74) is -0.0140. The number of carbonyl (C=O) groups excluding carboxylic acids is 1. The molecule has 0 unspecified atom stereocenters. The van der Waals surface area contributed by atoms with E-state index in [0.717, 1.165) is 18.6 Å². The highest BCUT2D eigenvalue weighted by molar-refractivity contribution is 8.13. The second kappa shape index (κ2) is 17.3. The summed E-state index contributed by atoms with van der Waals surface area (Å²) < 4.78 is 5.17. The van der Waals surface area contributed by atoms with Crippen molar-refractivity contribution in [2.45, 2.75) is 96.8 Å². The molecule has 0 fully saturated rings. The second-order valence-electron chi connectivity index (χ2n) is 7.55. The van der Waals surface area contributed by atoms with Crippen molar-refractivity contribution in [3.63, 3.8) is 0 Å². The lowest BCUT2D eigenvalue weighted by molar-refractivity contribution is -0.384. The van der Waals surface area contributed by atoms with Gasteiger partial charge < -0.3 is 4.74 Å². The number of non-ortho nitro benzene ring substituents is 1. The quantitative estimate of drug-likeness (QED) is 0.109. The number of benzene rings is 1. The van der Waals surface area contributed by atoms with Gasteiger partial charge in [-0.2, -0.15) is 0 Å². The molecule has 164 valence electrons. The molecule has 0 aliphatic rings. The number of hydrogen-bond acceptors (Lipinski definition) is 5. The topological polar surface area (TPSA) is 69.4 Å². The first kappa shape index (κ1) is 25.5. The number of nitro benzene ring substituents is 1. The van der Waals surface area contributed by atoms with Crippen LogP contribution in [-0.2, 0) is 0 Å². The monoisotopic (exact) mass is 423 g/mol. The van der Waals surface area contributed by atoms with Crippen molar-refractivity contribution in [2.75, 3.05) is 5.75 Å². The fraction of sp³-hybridized carbons (Fsp3) is 0.696. The Morgan fingerprint density at radius 2 is 1.28 bits per heavy atom. The summed E-state index contributed by atoms with van der Waals surface area (Å²) in [6, 6.07) is 5.56. The van der Waals surface area contributed by atoms with E-state index < -0.39 is 4.92 Å². The fourth-order valence-corrected chi connectivity index (χ4v) is 3.88. The van der Waals surface area contributed by atoms with E-state index in [4.69, 9.17) is 4.74 Å². The van der Waals surface area contributed by atoms with Gasteiger partial charge in [-0.1, -0.05) is 90.4 Å². The smallest absolute Gasteiger partial charge is 0.372 e. The van der Waals surface area contributed by atoms with Crippen LogP contribution in [0.2, 0.25) is 0 Å². The van der Waals surface area contributed by atoms with Crippen molar-refractivity contribution in [3.8, 4) is 5.75 Å². The summed E-state index contributed by atoms with van der Waals surface area (Å²) in [6.07, 6.45) is 18.5. The zero-order valence-electron chi connectivity index (χ0n) is 17.9. The normalized spacial score (nSPS) is 10.8. The molecule has 5 nitrogen and oxygen atoms in total. The second-order valence-corrected chi connectivity index (χ2v) is 8.58. The highest BCUT2D eigenvalue weighted by atomic mass is 32.2. The molecule has 0 spiro atoms. The first-order chi connectivity index (χ1) is 14.1. The third-order valence-corrected chi connectivity index (χ3v) is 5.78. The van der Waals surface area contributed by atoms with Gasteiger partial charge in [0.2, 0.25) is 0 Å². The number of hydrogen-bond donors (Lipinski definition) is 0. The molecule has 0 saturated carbocycles. The molecule has 6 heteroatoms. The molecule has 0 saturated heterocycles. The molecule has 0 radical (unpaired) electrons. The Hall–Kier alpha value is -1.56. The minimum absolute atomic E-state index is 0.0140. The maximum atomic E-state index is 11.8. The number of carbonyl (C=O) groups is 1. The molecule has 0 aromatic heterocycles. The Kier molecular flexibility index (Phi) is 15.2. The predicted molar refractivity (Wildman–Crippen MR) is 122 cm³/mol. The van der Waals surface area contributed by atoms with Crippen molar-refractivity contribution in [1.82, 2.24) is 0 Å². The number of unbranched alkanes of at least 4 members (excludes halogenated alkanes) is 13. The molecule has 0 bridgehead atoms. The highest BCUT2D eigenvalue weighted by Gasteiger charge is 2.08. The molecule has 0 aliphatic heterocycles. The molecule has 0 amide bonds. The average molecular weight is 424 g/mol. The number of nitrogens with zero attached hydrogens (tertiary/aromatic N) is 1. The fourth-order valence-electron chi connectivity index (χ4n) is 3.21. The Bertz CT molecular complexity index is 563. The van der Waals surface area contributed by atoms with Crippen LogP contribution >= 0.6 is 11.8 Å². The molecule has 0 aliphatic carbocycles. The summed E-state index contributed by atoms with van der Waals surface area (Å²) in [6.45, 7) is 2.26. The molecule has 0 heterocycles. The van der Waals surface area contributed by atoms with Crippen molar-refractivity contribution in [2.24, 2.45) is 0 Å². The molecule has 29 heavy (non-hydrogen) atoms. The van der Waals surface area contributed by atoms with Gasteiger partial charge in [-0.15, -0.1) is 0 Å². The maximum absolute atomic E-state index is 11.8. The summed E-state index contributed by atoms with van der Waals surface area (Å²) in [7, 11) is 0. The van der Waals surface area contributed by atoms with E-state index in [-0.39, 0.29) is 11.0 Å². The molecule has 1 aromatic rings. The van der Waals surface area contributed by atoms with E-state index in [2.05, 4.69) is 6.92 Å². The van der Waals surface area contributed by atoms with Gasteiger partial charge in [0.15, 0.2) is 0 Å². The van der Waals surface area contributed by atoms with Gasteiger partial charge in [0.05, 0.1) is 4.92 Å². The van der Waals surface area contributed by atoms with Crippen molar-refractivity contribution in [1.29, 1.82) is 0 Å². The summed E-state index contributed by atoms with van der Waals surface area (Å²) >= 11 is 1.17. The van der Waals surface area contributed by atoms with Crippen LogP contribution in [0, 0.1) is 10.1 Å².